The molecule has 1 aromatic heterocycles. The first kappa shape index (κ1) is 16.0. The molecule has 1 atom stereocenters. The van der Waals surface area contributed by atoms with Crippen LogP contribution in [-0.2, 0) is 11.2 Å². The van der Waals surface area contributed by atoms with E-state index in [1.807, 2.05) is 0 Å². The lowest BCUT2D eigenvalue weighted by Crippen LogP contribution is -2.12. The van der Waals surface area contributed by atoms with E-state index < -0.39 is 5.82 Å². The van der Waals surface area contributed by atoms with Crippen molar-refractivity contribution in [3.05, 3.63) is 23.8 Å². The van der Waals surface area contributed by atoms with Crippen LogP contribution in [0.5, 0.6) is 5.75 Å². The Labute approximate surface area is 128 Å². The van der Waals surface area contributed by atoms with E-state index >= 15 is 0 Å². The number of hydrogen-bond donors (Lipinski definition) is 0. The number of benzene rings is 1. The highest BCUT2D eigenvalue weighted by atomic mass is 35.5. The lowest BCUT2D eigenvalue weighted by Gasteiger charge is -2.17. The van der Waals surface area contributed by atoms with Crippen molar-refractivity contribution in [1.29, 1.82) is 0 Å². The minimum absolute atomic E-state index is 0.184. The Hall–Kier alpha value is -1.33. The van der Waals surface area contributed by atoms with Crippen molar-refractivity contribution >= 4 is 22.6 Å². The lowest BCUT2D eigenvalue weighted by molar-refractivity contribution is 0.181. The number of imidazole rings is 1. The minimum Gasteiger partial charge on any atom is -0.494 e. The number of nitrogens with zero attached hydrogens (tertiary/aromatic N) is 2. The molecule has 0 saturated heterocycles. The third-order valence-electron chi connectivity index (χ3n) is 3.53. The van der Waals surface area contributed by atoms with Gasteiger partial charge in [-0.2, -0.15) is 0 Å². The van der Waals surface area contributed by atoms with Crippen LogP contribution >= 0.6 is 11.6 Å². The molecule has 0 amide bonds. The Morgan fingerprint density at radius 3 is 2.76 bits per heavy atom. The number of alkyl halides is 1. The van der Waals surface area contributed by atoms with Gasteiger partial charge in [0, 0.05) is 44.2 Å². The predicted octanol–water partition coefficient (Wildman–Crippen LogP) is 3.56. The van der Waals surface area contributed by atoms with Crippen molar-refractivity contribution in [2.45, 2.75) is 25.8 Å². The lowest BCUT2D eigenvalue weighted by atomic mass is 10.2. The highest BCUT2D eigenvalue weighted by Crippen LogP contribution is 2.29. The normalized spacial score (nSPS) is 12.8. The molecule has 0 saturated carbocycles. The van der Waals surface area contributed by atoms with Gasteiger partial charge < -0.3 is 14.0 Å². The van der Waals surface area contributed by atoms with E-state index in [1.54, 1.807) is 13.2 Å². The summed E-state index contributed by atoms with van der Waals surface area (Å²) in [6.45, 7) is 2.74. The largest absolute Gasteiger partial charge is 0.494 e. The van der Waals surface area contributed by atoms with Crippen LogP contribution in [0.4, 0.5) is 4.39 Å². The molecule has 0 bridgehead atoms. The van der Waals surface area contributed by atoms with E-state index in [1.165, 1.54) is 13.2 Å². The predicted molar refractivity (Wildman–Crippen MR) is 81.9 cm³/mol. The molecule has 2 rings (SSSR count). The maximum absolute atomic E-state index is 13.8. The van der Waals surface area contributed by atoms with Crippen LogP contribution in [-0.4, -0.2) is 36.3 Å². The molecule has 0 aliphatic rings. The maximum atomic E-state index is 13.8. The van der Waals surface area contributed by atoms with Gasteiger partial charge in [-0.1, -0.05) is 0 Å². The van der Waals surface area contributed by atoms with Crippen LogP contribution in [0.3, 0.4) is 0 Å². The van der Waals surface area contributed by atoms with E-state index in [-0.39, 0.29) is 11.8 Å². The monoisotopic (exact) mass is 314 g/mol. The van der Waals surface area contributed by atoms with Gasteiger partial charge in [-0.15, -0.1) is 11.6 Å². The van der Waals surface area contributed by atoms with Crippen molar-refractivity contribution in [3.63, 3.8) is 0 Å². The Balaban J connectivity index is 2.54. The summed E-state index contributed by atoms with van der Waals surface area (Å²) in [5.74, 6) is 1.15. The number of methoxy groups -OCH3 is 2. The zero-order valence-electron chi connectivity index (χ0n) is 12.5. The third kappa shape index (κ3) is 3.30. The molecule has 0 radical (unpaired) electrons. The zero-order valence-corrected chi connectivity index (χ0v) is 13.3. The summed E-state index contributed by atoms with van der Waals surface area (Å²) in [6, 6.07) is 3.28. The number of ether oxygens (including phenoxy) is 2. The summed E-state index contributed by atoms with van der Waals surface area (Å²) < 4.78 is 26.1. The zero-order chi connectivity index (χ0) is 15.4. The molecule has 1 heterocycles. The smallest absolute Gasteiger partial charge is 0.167 e. The van der Waals surface area contributed by atoms with E-state index in [0.717, 1.165) is 17.8 Å². The number of fused-ring (bicyclic) bond motifs is 1. The van der Waals surface area contributed by atoms with E-state index in [9.17, 15) is 4.39 Å². The Kier molecular flexibility index (Phi) is 5.42. The molecular weight excluding hydrogens is 295 g/mol. The van der Waals surface area contributed by atoms with Gasteiger partial charge in [0.2, 0.25) is 0 Å². The minimum atomic E-state index is -0.406. The molecule has 21 heavy (non-hydrogen) atoms. The van der Waals surface area contributed by atoms with Crippen LogP contribution in [0.15, 0.2) is 12.1 Å². The molecule has 0 N–H and O–H groups in total. The van der Waals surface area contributed by atoms with E-state index in [0.29, 0.717) is 24.4 Å². The molecule has 1 unspecified atom stereocenters. The molecule has 0 spiro atoms. The van der Waals surface area contributed by atoms with Crippen LogP contribution in [0, 0.1) is 5.82 Å². The second-order valence-corrected chi connectivity index (χ2v) is 5.32. The standard InChI is InChI=1S/C15H20ClFN2O2/c1-10(5-7-20-2)19-13-9-14(21-3)11(17)8-12(13)18-15(19)4-6-16/h8-10H,4-7H2,1-3H3. The van der Waals surface area contributed by atoms with Gasteiger partial charge in [-0.3, -0.25) is 0 Å². The van der Waals surface area contributed by atoms with Crippen molar-refractivity contribution in [3.8, 4) is 5.75 Å². The quantitative estimate of drug-likeness (QED) is 0.733. The van der Waals surface area contributed by atoms with Crippen molar-refractivity contribution in [2.75, 3.05) is 26.7 Å². The van der Waals surface area contributed by atoms with Crippen molar-refractivity contribution < 1.29 is 13.9 Å². The summed E-state index contributed by atoms with van der Waals surface area (Å²) in [5, 5.41) is 0. The molecule has 4 nitrogen and oxygen atoms in total. The van der Waals surface area contributed by atoms with E-state index in [2.05, 4.69) is 16.5 Å². The third-order valence-corrected chi connectivity index (χ3v) is 3.72. The number of hydrogen-bond acceptors (Lipinski definition) is 3. The Morgan fingerprint density at radius 2 is 2.14 bits per heavy atom. The second kappa shape index (κ2) is 7.09. The van der Waals surface area contributed by atoms with Gasteiger partial charge in [-0.05, 0) is 13.3 Å². The molecule has 0 aliphatic heterocycles. The average molecular weight is 315 g/mol. The first-order chi connectivity index (χ1) is 10.1. The fourth-order valence-electron chi connectivity index (χ4n) is 2.47. The average Bonchev–Trinajstić information content (AvgIpc) is 2.81. The van der Waals surface area contributed by atoms with Gasteiger partial charge in [0.1, 0.15) is 5.82 Å². The summed E-state index contributed by atoms with van der Waals surface area (Å²) >= 11 is 5.86. The molecule has 0 fully saturated rings. The van der Waals surface area contributed by atoms with Crippen molar-refractivity contribution in [1.82, 2.24) is 9.55 Å². The van der Waals surface area contributed by atoms with Crippen LogP contribution in [0.2, 0.25) is 0 Å². The number of aryl methyl sites for hydroxylation is 1. The molecule has 1 aromatic carbocycles. The topological polar surface area (TPSA) is 36.3 Å². The maximum Gasteiger partial charge on any atom is 0.167 e. The molecule has 116 valence electrons. The van der Waals surface area contributed by atoms with Crippen molar-refractivity contribution in [2.24, 2.45) is 0 Å². The summed E-state index contributed by atoms with van der Waals surface area (Å²) in [6.07, 6.45) is 1.48. The van der Waals surface area contributed by atoms with E-state index in [4.69, 9.17) is 21.1 Å². The number of rotatable bonds is 7. The number of aromatic nitrogens is 2. The van der Waals surface area contributed by atoms with Gasteiger partial charge >= 0.3 is 0 Å². The van der Waals surface area contributed by atoms with Crippen LogP contribution in [0.25, 0.3) is 11.0 Å². The molecule has 0 aliphatic carbocycles. The first-order valence-corrected chi connectivity index (χ1v) is 7.45. The van der Waals surface area contributed by atoms with Crippen LogP contribution in [0.1, 0.15) is 25.2 Å². The van der Waals surface area contributed by atoms with Gasteiger partial charge in [0.25, 0.3) is 0 Å². The first-order valence-electron chi connectivity index (χ1n) is 6.91. The highest BCUT2D eigenvalue weighted by Gasteiger charge is 2.18. The van der Waals surface area contributed by atoms with Gasteiger partial charge in [-0.25, -0.2) is 9.37 Å². The van der Waals surface area contributed by atoms with Crippen LogP contribution < -0.4 is 4.74 Å². The molecule has 6 heteroatoms. The summed E-state index contributed by atoms with van der Waals surface area (Å²) in [7, 11) is 3.13. The molecular formula is C15H20ClFN2O2. The number of halogens is 2. The Morgan fingerprint density at radius 1 is 1.38 bits per heavy atom. The summed E-state index contributed by atoms with van der Waals surface area (Å²) in [5.41, 5.74) is 1.48. The fraction of sp³-hybridized carbons (Fsp3) is 0.533. The fourth-order valence-corrected chi connectivity index (χ4v) is 2.64. The van der Waals surface area contributed by atoms with Gasteiger partial charge in [0.15, 0.2) is 11.6 Å². The summed E-state index contributed by atoms with van der Waals surface area (Å²) in [4.78, 5) is 4.51. The highest BCUT2D eigenvalue weighted by molar-refractivity contribution is 6.17. The SMILES string of the molecule is COCCC(C)n1c(CCCl)nc2cc(F)c(OC)cc21. The second-order valence-electron chi connectivity index (χ2n) is 4.94. The van der Waals surface area contributed by atoms with Gasteiger partial charge in [0.05, 0.1) is 18.1 Å². The molecule has 2 aromatic rings. The Bertz CT molecular complexity index is 615.